The van der Waals surface area contributed by atoms with E-state index in [4.69, 9.17) is 9.47 Å². The second-order valence-electron chi connectivity index (χ2n) is 7.81. The zero-order valence-corrected chi connectivity index (χ0v) is 16.1. The van der Waals surface area contributed by atoms with Crippen LogP contribution in [0.4, 0.5) is 0 Å². The minimum Gasteiger partial charge on any atom is -0.483 e. The molecule has 3 unspecified atom stereocenters. The summed E-state index contributed by atoms with van der Waals surface area (Å²) in [7, 11) is 1.66. The fraction of sp³-hybridized carbons (Fsp3) is 0.545. The van der Waals surface area contributed by atoms with Gasteiger partial charge in [0.1, 0.15) is 6.10 Å². The molecule has 27 heavy (non-hydrogen) atoms. The zero-order valence-electron chi connectivity index (χ0n) is 16.1. The maximum absolute atomic E-state index is 13.4. The summed E-state index contributed by atoms with van der Waals surface area (Å²) in [5, 5.41) is 0. The topological polar surface area (TPSA) is 55.8 Å². The van der Waals surface area contributed by atoms with E-state index >= 15 is 0 Å². The van der Waals surface area contributed by atoms with Crippen LogP contribution in [-0.4, -0.2) is 43.0 Å². The molecule has 1 amide bonds. The lowest BCUT2D eigenvalue weighted by atomic mass is 9.77. The molecule has 0 spiro atoms. The predicted octanol–water partition coefficient (Wildman–Crippen LogP) is 3.33. The Morgan fingerprint density at radius 1 is 1.15 bits per heavy atom. The van der Waals surface area contributed by atoms with E-state index < -0.39 is 0 Å². The van der Waals surface area contributed by atoms with Crippen LogP contribution in [0.5, 0.6) is 0 Å². The van der Waals surface area contributed by atoms with Crippen molar-refractivity contribution in [1.82, 2.24) is 4.90 Å². The minimum absolute atomic E-state index is 0.0998. The molecule has 4 rings (SSSR count). The molecule has 5 heteroatoms. The first-order valence-electron chi connectivity index (χ1n) is 9.93. The van der Waals surface area contributed by atoms with Crippen LogP contribution < -0.4 is 0 Å². The molecule has 0 saturated heterocycles. The van der Waals surface area contributed by atoms with Gasteiger partial charge in [-0.05, 0) is 38.2 Å². The summed E-state index contributed by atoms with van der Waals surface area (Å²) in [5.74, 6) is 0.168. The van der Waals surface area contributed by atoms with E-state index in [0.29, 0.717) is 24.5 Å². The molecule has 1 aromatic carbocycles. The van der Waals surface area contributed by atoms with E-state index in [-0.39, 0.29) is 29.8 Å². The highest BCUT2D eigenvalue weighted by Crippen LogP contribution is 2.46. The fourth-order valence-electron chi connectivity index (χ4n) is 4.60. The van der Waals surface area contributed by atoms with Gasteiger partial charge in [-0.1, -0.05) is 36.2 Å². The molecule has 1 fully saturated rings. The van der Waals surface area contributed by atoms with Crippen LogP contribution in [0.1, 0.15) is 49.3 Å². The zero-order chi connectivity index (χ0) is 19.0. The second kappa shape index (κ2) is 7.47. The predicted molar refractivity (Wildman–Crippen MR) is 101 cm³/mol. The number of methoxy groups -OCH3 is 1. The van der Waals surface area contributed by atoms with E-state index in [1.807, 2.05) is 31.2 Å². The van der Waals surface area contributed by atoms with Gasteiger partial charge in [0.2, 0.25) is 0 Å². The van der Waals surface area contributed by atoms with Crippen LogP contribution >= 0.6 is 0 Å². The highest BCUT2D eigenvalue weighted by atomic mass is 16.5. The van der Waals surface area contributed by atoms with Crippen molar-refractivity contribution in [3.05, 3.63) is 46.7 Å². The lowest BCUT2D eigenvalue weighted by Gasteiger charge is -2.35. The van der Waals surface area contributed by atoms with Crippen molar-refractivity contribution in [1.29, 1.82) is 0 Å². The number of ether oxygens (including phenoxy) is 2. The number of amides is 1. The third kappa shape index (κ3) is 3.18. The van der Waals surface area contributed by atoms with Crippen molar-refractivity contribution >= 4 is 11.7 Å². The van der Waals surface area contributed by atoms with Gasteiger partial charge in [0.05, 0.1) is 17.5 Å². The number of nitrogens with zero attached hydrogens (tertiary/aromatic N) is 1. The summed E-state index contributed by atoms with van der Waals surface area (Å²) in [5.41, 5.74) is 2.70. The van der Waals surface area contributed by atoms with Crippen LogP contribution in [0.2, 0.25) is 0 Å². The highest BCUT2D eigenvalue weighted by Gasteiger charge is 2.51. The SMILES string of the molecule is COCCCN1C(=O)C2=C(C(=O)C3CCCCC3O2)C1c1ccc(C)cc1. The molecule has 0 radical (unpaired) electrons. The molecule has 3 aliphatic rings. The number of ketones is 1. The van der Waals surface area contributed by atoms with Gasteiger partial charge in [-0.25, -0.2) is 0 Å². The van der Waals surface area contributed by atoms with Gasteiger partial charge in [0.25, 0.3) is 5.91 Å². The van der Waals surface area contributed by atoms with Crippen LogP contribution in [0.3, 0.4) is 0 Å². The first-order valence-corrected chi connectivity index (χ1v) is 9.93. The summed E-state index contributed by atoms with van der Waals surface area (Å²) < 4.78 is 11.3. The quantitative estimate of drug-likeness (QED) is 0.747. The van der Waals surface area contributed by atoms with Crippen molar-refractivity contribution in [3.8, 4) is 0 Å². The van der Waals surface area contributed by atoms with E-state index in [1.54, 1.807) is 12.0 Å². The fourth-order valence-corrected chi connectivity index (χ4v) is 4.60. The number of carbonyl (C=O) groups is 2. The standard InChI is InChI=1S/C22H27NO4/c1-14-8-10-15(11-9-14)19-18-20(24)16-6-3-4-7-17(16)27-21(18)22(25)23(19)12-5-13-26-2/h8-11,16-17,19H,3-7,12-13H2,1-2H3. The normalized spacial score (nSPS) is 27.5. The smallest absolute Gasteiger partial charge is 0.290 e. The van der Waals surface area contributed by atoms with E-state index in [1.165, 1.54) is 0 Å². The van der Waals surface area contributed by atoms with Gasteiger partial charge in [0, 0.05) is 20.3 Å². The summed E-state index contributed by atoms with van der Waals surface area (Å²) in [6.45, 7) is 3.16. The Morgan fingerprint density at radius 2 is 1.89 bits per heavy atom. The third-order valence-corrected chi connectivity index (χ3v) is 6.00. The Balaban J connectivity index is 1.72. The lowest BCUT2D eigenvalue weighted by molar-refractivity contribution is -0.135. The number of hydrogen-bond acceptors (Lipinski definition) is 4. The maximum Gasteiger partial charge on any atom is 0.290 e. The molecule has 144 valence electrons. The monoisotopic (exact) mass is 369 g/mol. The van der Waals surface area contributed by atoms with Crippen molar-refractivity contribution in [2.45, 2.75) is 51.2 Å². The van der Waals surface area contributed by atoms with Crippen LogP contribution in [0.25, 0.3) is 0 Å². The molecule has 0 aromatic heterocycles. The van der Waals surface area contributed by atoms with Crippen LogP contribution in [0, 0.1) is 12.8 Å². The van der Waals surface area contributed by atoms with Crippen molar-refractivity contribution in [2.24, 2.45) is 5.92 Å². The number of fused-ring (bicyclic) bond motifs is 1. The summed E-state index contributed by atoms with van der Waals surface area (Å²) >= 11 is 0. The number of benzene rings is 1. The largest absolute Gasteiger partial charge is 0.483 e. The van der Waals surface area contributed by atoms with Gasteiger partial charge in [-0.2, -0.15) is 0 Å². The van der Waals surface area contributed by atoms with Crippen molar-refractivity contribution in [3.63, 3.8) is 0 Å². The molecule has 2 aliphatic heterocycles. The van der Waals surface area contributed by atoms with Gasteiger partial charge in [-0.3, -0.25) is 9.59 Å². The highest BCUT2D eigenvalue weighted by molar-refractivity contribution is 6.11. The van der Waals surface area contributed by atoms with Crippen LogP contribution in [0.15, 0.2) is 35.6 Å². The molecule has 0 bridgehead atoms. The summed E-state index contributed by atoms with van der Waals surface area (Å²) in [6.07, 6.45) is 4.43. The number of Topliss-reactive ketones (excluding diaryl/α,β-unsaturated/α-hetero) is 1. The number of aryl methyl sites for hydroxylation is 1. The number of rotatable bonds is 5. The first kappa shape index (κ1) is 18.2. The Morgan fingerprint density at radius 3 is 2.63 bits per heavy atom. The van der Waals surface area contributed by atoms with E-state index in [9.17, 15) is 9.59 Å². The number of carbonyl (C=O) groups excluding carboxylic acids is 2. The Labute approximate surface area is 160 Å². The molecule has 2 heterocycles. The van der Waals surface area contributed by atoms with Crippen molar-refractivity contribution < 1.29 is 19.1 Å². The molecular formula is C22H27NO4. The Hall–Kier alpha value is -2.14. The van der Waals surface area contributed by atoms with Gasteiger partial charge in [-0.15, -0.1) is 0 Å². The summed E-state index contributed by atoms with van der Waals surface area (Å²) in [4.78, 5) is 28.3. The molecule has 1 saturated carbocycles. The summed E-state index contributed by atoms with van der Waals surface area (Å²) in [6, 6.07) is 7.76. The number of hydrogen-bond donors (Lipinski definition) is 0. The lowest BCUT2D eigenvalue weighted by Crippen LogP contribution is -2.39. The van der Waals surface area contributed by atoms with Gasteiger partial charge in [0.15, 0.2) is 11.5 Å². The average molecular weight is 369 g/mol. The molecule has 0 N–H and O–H groups in total. The Bertz CT molecular complexity index is 767. The van der Waals surface area contributed by atoms with Crippen molar-refractivity contribution in [2.75, 3.05) is 20.3 Å². The van der Waals surface area contributed by atoms with Gasteiger partial charge >= 0.3 is 0 Å². The second-order valence-corrected chi connectivity index (χ2v) is 7.81. The van der Waals surface area contributed by atoms with E-state index in [0.717, 1.165) is 43.2 Å². The first-order chi connectivity index (χ1) is 13.1. The molecular weight excluding hydrogens is 342 g/mol. The third-order valence-electron chi connectivity index (χ3n) is 6.00. The molecule has 5 nitrogen and oxygen atoms in total. The molecule has 1 aliphatic carbocycles. The van der Waals surface area contributed by atoms with Gasteiger partial charge < -0.3 is 14.4 Å². The average Bonchev–Trinajstić information content (AvgIpc) is 2.96. The Kier molecular flexibility index (Phi) is 5.04. The maximum atomic E-state index is 13.4. The van der Waals surface area contributed by atoms with E-state index in [2.05, 4.69) is 0 Å². The van der Waals surface area contributed by atoms with Crippen LogP contribution in [-0.2, 0) is 19.1 Å². The minimum atomic E-state index is -0.347. The molecule has 3 atom stereocenters. The molecule has 1 aromatic rings.